The molecule has 2 amide bonds. The normalized spacial score (nSPS) is 11.5. The van der Waals surface area contributed by atoms with Gasteiger partial charge in [0.2, 0.25) is 11.8 Å². The Morgan fingerprint density at radius 1 is 1.07 bits per heavy atom. The van der Waals surface area contributed by atoms with Gasteiger partial charge in [-0.15, -0.1) is 0 Å². The molecule has 0 aliphatic rings. The molecule has 0 fully saturated rings. The quantitative estimate of drug-likeness (QED) is 0.583. The number of hydrogen-bond donors (Lipinski definition) is 3. The van der Waals surface area contributed by atoms with E-state index in [1.165, 1.54) is 6.92 Å². The van der Waals surface area contributed by atoms with Crippen molar-refractivity contribution in [2.45, 2.75) is 19.4 Å². The third kappa shape index (κ3) is 6.44. The molecule has 0 aromatic heterocycles. The van der Waals surface area contributed by atoms with Crippen LogP contribution in [0.3, 0.4) is 0 Å². The molecule has 28 heavy (non-hydrogen) atoms. The summed E-state index contributed by atoms with van der Waals surface area (Å²) in [5.41, 5.74) is 7.24. The van der Waals surface area contributed by atoms with Crippen molar-refractivity contribution in [1.29, 1.82) is 0 Å². The molecule has 6 nitrogen and oxygen atoms in total. The lowest BCUT2D eigenvalue weighted by molar-refractivity contribution is -0.125. The molecule has 4 N–H and O–H groups in total. The van der Waals surface area contributed by atoms with Gasteiger partial charge < -0.3 is 16.4 Å². The first kappa shape index (κ1) is 22.1. The van der Waals surface area contributed by atoms with Crippen molar-refractivity contribution in [3.8, 4) is 0 Å². The largest absolute Gasteiger partial charge is 0.368 e. The van der Waals surface area contributed by atoms with E-state index >= 15 is 0 Å². The molecule has 0 aliphatic heterocycles. The summed E-state index contributed by atoms with van der Waals surface area (Å²) in [5.74, 6) is -1.01. The summed E-state index contributed by atoms with van der Waals surface area (Å²) in [7, 11) is 0. The van der Waals surface area contributed by atoms with Crippen molar-refractivity contribution < 1.29 is 14.4 Å². The van der Waals surface area contributed by atoms with Crippen molar-refractivity contribution in [1.82, 2.24) is 5.32 Å². The van der Waals surface area contributed by atoms with Crippen LogP contribution >= 0.6 is 35.0 Å². The van der Waals surface area contributed by atoms with E-state index in [4.69, 9.17) is 28.9 Å². The van der Waals surface area contributed by atoms with Crippen LogP contribution in [-0.4, -0.2) is 28.7 Å². The summed E-state index contributed by atoms with van der Waals surface area (Å²) < 4.78 is 0. The molecular formula is C19H19Cl2N3O3S. The Balaban J connectivity index is 2.07. The Morgan fingerprint density at radius 3 is 2.32 bits per heavy atom. The van der Waals surface area contributed by atoms with E-state index in [-0.39, 0.29) is 23.2 Å². The number of amides is 2. The highest BCUT2D eigenvalue weighted by atomic mass is 35.5. The Morgan fingerprint density at radius 2 is 1.71 bits per heavy atom. The average molecular weight is 440 g/mol. The number of halogens is 2. The van der Waals surface area contributed by atoms with Crippen LogP contribution in [0.4, 0.5) is 11.4 Å². The van der Waals surface area contributed by atoms with Crippen LogP contribution in [-0.2, 0) is 20.8 Å². The van der Waals surface area contributed by atoms with Gasteiger partial charge in [-0.3, -0.25) is 14.4 Å². The molecule has 0 spiro atoms. The monoisotopic (exact) mass is 439 g/mol. The predicted molar refractivity (Wildman–Crippen MR) is 114 cm³/mol. The number of para-hydroxylation sites is 2. The lowest BCUT2D eigenvalue weighted by Gasteiger charge is -2.15. The van der Waals surface area contributed by atoms with Gasteiger partial charge in [-0.1, -0.05) is 59.2 Å². The van der Waals surface area contributed by atoms with Crippen molar-refractivity contribution >= 4 is 63.3 Å². The number of benzene rings is 2. The Kier molecular flexibility index (Phi) is 8.17. The fourth-order valence-corrected chi connectivity index (χ4v) is 3.72. The maximum absolute atomic E-state index is 12.4. The number of primary amides is 1. The number of thioether (sulfide) groups is 1. The summed E-state index contributed by atoms with van der Waals surface area (Å²) in [6, 6.07) is 11.5. The number of hydrogen-bond acceptors (Lipinski definition) is 5. The number of rotatable bonds is 8. The Hall–Kier alpha value is -2.22. The van der Waals surface area contributed by atoms with Gasteiger partial charge in [0, 0.05) is 24.8 Å². The van der Waals surface area contributed by atoms with Gasteiger partial charge in [0.1, 0.15) is 6.04 Å². The van der Waals surface area contributed by atoms with Crippen LogP contribution < -0.4 is 16.4 Å². The molecule has 0 radical (unpaired) electrons. The summed E-state index contributed by atoms with van der Waals surface area (Å²) in [4.78, 5) is 34.9. The summed E-state index contributed by atoms with van der Waals surface area (Å²) in [6.07, 6.45) is 0.113. The van der Waals surface area contributed by atoms with E-state index < -0.39 is 11.9 Å². The summed E-state index contributed by atoms with van der Waals surface area (Å²) in [5, 5.41) is 6.35. The first-order chi connectivity index (χ1) is 13.3. The Labute approximate surface area is 177 Å². The molecule has 1 atom stereocenters. The van der Waals surface area contributed by atoms with E-state index in [9.17, 15) is 14.4 Å². The average Bonchev–Trinajstić information content (AvgIpc) is 2.62. The second kappa shape index (κ2) is 10.4. The first-order valence-corrected chi connectivity index (χ1v) is 10.0. The minimum atomic E-state index is -0.901. The van der Waals surface area contributed by atoms with E-state index in [0.717, 1.165) is 17.3 Å². The molecule has 0 bridgehead atoms. The van der Waals surface area contributed by atoms with Gasteiger partial charge in [-0.05, 0) is 23.8 Å². The van der Waals surface area contributed by atoms with Crippen molar-refractivity contribution in [2.24, 2.45) is 5.73 Å². The van der Waals surface area contributed by atoms with Gasteiger partial charge in [0.15, 0.2) is 5.12 Å². The van der Waals surface area contributed by atoms with Gasteiger partial charge in [-0.25, -0.2) is 0 Å². The van der Waals surface area contributed by atoms with Gasteiger partial charge >= 0.3 is 0 Å². The highest BCUT2D eigenvalue weighted by Gasteiger charge is 2.19. The third-order valence-electron chi connectivity index (χ3n) is 3.71. The second-order valence-corrected chi connectivity index (χ2v) is 7.79. The highest BCUT2D eigenvalue weighted by Crippen LogP contribution is 2.33. The zero-order chi connectivity index (χ0) is 20.7. The fourth-order valence-electron chi connectivity index (χ4n) is 2.37. The van der Waals surface area contributed by atoms with E-state index in [1.54, 1.807) is 18.2 Å². The van der Waals surface area contributed by atoms with Gasteiger partial charge in [-0.2, -0.15) is 0 Å². The topological polar surface area (TPSA) is 101 Å². The number of carbonyl (C=O) groups is 3. The molecule has 1 unspecified atom stereocenters. The molecule has 0 saturated heterocycles. The minimum Gasteiger partial charge on any atom is -0.368 e. The first-order valence-electron chi connectivity index (χ1n) is 8.29. The Bertz CT molecular complexity index is 872. The summed E-state index contributed by atoms with van der Waals surface area (Å²) in [6.45, 7) is 1.28. The van der Waals surface area contributed by atoms with Crippen LogP contribution in [0.1, 0.15) is 12.5 Å². The zero-order valence-electron chi connectivity index (χ0n) is 15.0. The number of nitrogens with one attached hydrogen (secondary N) is 2. The molecule has 0 saturated carbocycles. The zero-order valence-corrected chi connectivity index (χ0v) is 17.3. The van der Waals surface area contributed by atoms with Crippen molar-refractivity contribution in [3.63, 3.8) is 0 Å². The third-order valence-corrected chi connectivity index (χ3v) is 5.30. The molecule has 2 aromatic rings. The molecule has 2 aromatic carbocycles. The van der Waals surface area contributed by atoms with Gasteiger partial charge in [0.05, 0.1) is 15.7 Å². The van der Waals surface area contributed by atoms with Crippen LogP contribution in [0.25, 0.3) is 0 Å². The lowest BCUT2D eigenvalue weighted by atomic mass is 10.1. The van der Waals surface area contributed by atoms with Crippen LogP contribution in [0.2, 0.25) is 10.0 Å². The van der Waals surface area contributed by atoms with Crippen LogP contribution in [0, 0.1) is 0 Å². The molecule has 0 aliphatic carbocycles. The number of anilines is 2. The molecule has 0 heterocycles. The van der Waals surface area contributed by atoms with Crippen molar-refractivity contribution in [2.75, 3.05) is 11.1 Å². The van der Waals surface area contributed by atoms with Crippen LogP contribution in [0.5, 0.6) is 0 Å². The van der Waals surface area contributed by atoms with Crippen molar-refractivity contribution in [3.05, 3.63) is 58.1 Å². The lowest BCUT2D eigenvalue weighted by Crippen LogP contribution is -2.45. The molecular weight excluding hydrogens is 421 g/mol. The molecule has 2 rings (SSSR count). The second-order valence-electron chi connectivity index (χ2n) is 5.89. The standard InChI is InChI=1S/C19H19Cl2N3O3S/c1-11(25)23-16(19(22)27)10-28-17(26)9-12-5-2-3-8-15(12)24-18-13(20)6-4-7-14(18)21/h2-8,16,24H,9-10H2,1H3,(H2,22,27)(H,23,25). The predicted octanol–water partition coefficient (Wildman–Crippen LogP) is 3.53. The number of carbonyl (C=O) groups excluding carboxylic acids is 3. The van der Waals surface area contributed by atoms with Gasteiger partial charge in [0.25, 0.3) is 0 Å². The maximum atomic E-state index is 12.4. The van der Waals surface area contributed by atoms with E-state index in [0.29, 0.717) is 21.4 Å². The van der Waals surface area contributed by atoms with E-state index in [1.807, 2.05) is 24.3 Å². The summed E-state index contributed by atoms with van der Waals surface area (Å²) >= 11 is 13.3. The molecule has 9 heteroatoms. The highest BCUT2D eigenvalue weighted by molar-refractivity contribution is 8.13. The number of nitrogens with two attached hydrogens (primary N) is 1. The maximum Gasteiger partial charge on any atom is 0.240 e. The minimum absolute atomic E-state index is 0.0691. The fraction of sp³-hybridized carbons (Fsp3) is 0.211. The SMILES string of the molecule is CC(=O)NC(CSC(=O)Cc1ccccc1Nc1c(Cl)cccc1Cl)C(N)=O. The van der Waals surface area contributed by atoms with E-state index in [2.05, 4.69) is 10.6 Å². The molecule has 148 valence electrons. The van der Waals surface area contributed by atoms with Crippen LogP contribution in [0.15, 0.2) is 42.5 Å². The smallest absolute Gasteiger partial charge is 0.240 e.